The number of nitriles is 1. The summed E-state index contributed by atoms with van der Waals surface area (Å²) in [7, 11) is 1.62. The number of anilines is 2. The third-order valence-corrected chi connectivity index (χ3v) is 2.73. The Hall–Kier alpha value is -2.06. The molecule has 90 valence electrons. The molecule has 1 heterocycles. The first-order valence-electron chi connectivity index (χ1n) is 5.19. The lowest BCUT2D eigenvalue weighted by atomic mass is 10.3. The zero-order valence-corrected chi connectivity index (χ0v) is 11.2. The van der Waals surface area contributed by atoms with Gasteiger partial charge < -0.3 is 10.1 Å². The molecule has 0 amide bonds. The summed E-state index contributed by atoms with van der Waals surface area (Å²) in [6.07, 6.45) is 1.62. The fraction of sp³-hybridized carbons (Fsp3) is 0.0769. The smallest absolute Gasteiger partial charge is 0.140 e. The Morgan fingerprint density at radius 2 is 2.11 bits per heavy atom. The van der Waals surface area contributed by atoms with E-state index in [1.54, 1.807) is 25.4 Å². The minimum atomic E-state index is 0.396. The molecule has 0 radical (unpaired) electrons. The van der Waals surface area contributed by atoms with Crippen LogP contribution in [0, 0.1) is 11.3 Å². The minimum absolute atomic E-state index is 0.396. The van der Waals surface area contributed by atoms with Crippen LogP contribution in [0.3, 0.4) is 0 Å². The van der Waals surface area contributed by atoms with E-state index in [1.165, 1.54) is 0 Å². The van der Waals surface area contributed by atoms with Gasteiger partial charge >= 0.3 is 0 Å². The highest BCUT2D eigenvalue weighted by molar-refractivity contribution is 9.10. The number of methoxy groups -OCH3 is 1. The number of ether oxygens (including phenoxy) is 1. The van der Waals surface area contributed by atoms with Crippen LogP contribution in [0.1, 0.15) is 5.69 Å². The van der Waals surface area contributed by atoms with Gasteiger partial charge in [-0.2, -0.15) is 5.26 Å². The zero-order chi connectivity index (χ0) is 13.0. The van der Waals surface area contributed by atoms with Crippen molar-refractivity contribution in [3.63, 3.8) is 0 Å². The van der Waals surface area contributed by atoms with Crippen molar-refractivity contribution in [1.82, 2.24) is 4.98 Å². The molecule has 1 N–H and O–H groups in total. The molecule has 0 bridgehead atoms. The number of benzene rings is 1. The van der Waals surface area contributed by atoms with Gasteiger partial charge in [0, 0.05) is 16.2 Å². The van der Waals surface area contributed by atoms with Crippen molar-refractivity contribution in [2.45, 2.75) is 0 Å². The number of nitrogens with one attached hydrogen (secondary N) is 1. The summed E-state index contributed by atoms with van der Waals surface area (Å²) < 4.78 is 6.10. The SMILES string of the molecule is COc1cc(Br)cc(Nc2ccc(C#N)nc2)c1. The van der Waals surface area contributed by atoms with Gasteiger partial charge in [0.2, 0.25) is 0 Å². The van der Waals surface area contributed by atoms with E-state index in [4.69, 9.17) is 10.00 Å². The molecular weight excluding hydrogens is 294 g/mol. The molecule has 0 aliphatic rings. The number of aromatic nitrogens is 1. The van der Waals surface area contributed by atoms with E-state index in [9.17, 15) is 0 Å². The molecule has 0 aliphatic carbocycles. The van der Waals surface area contributed by atoms with E-state index in [1.807, 2.05) is 24.3 Å². The Morgan fingerprint density at radius 1 is 1.28 bits per heavy atom. The molecular formula is C13H10BrN3O. The molecule has 1 aromatic carbocycles. The molecule has 0 unspecified atom stereocenters. The van der Waals surface area contributed by atoms with Crippen molar-refractivity contribution < 1.29 is 4.74 Å². The molecule has 0 fully saturated rings. The fourth-order valence-corrected chi connectivity index (χ4v) is 1.93. The predicted octanol–water partition coefficient (Wildman–Crippen LogP) is 3.47. The highest BCUT2D eigenvalue weighted by Gasteiger charge is 2.01. The highest BCUT2D eigenvalue weighted by atomic mass is 79.9. The van der Waals surface area contributed by atoms with Crippen LogP contribution in [-0.2, 0) is 0 Å². The second-order valence-corrected chi connectivity index (χ2v) is 4.46. The maximum atomic E-state index is 8.67. The number of pyridine rings is 1. The van der Waals surface area contributed by atoms with Crippen LogP contribution >= 0.6 is 15.9 Å². The number of nitrogens with zero attached hydrogens (tertiary/aromatic N) is 2. The standard InChI is InChI=1S/C13H10BrN3O/c1-18-13-5-9(14)4-12(6-13)17-11-3-2-10(7-15)16-8-11/h2-6,8,17H,1H3. The molecule has 2 aromatic rings. The number of halogens is 1. The molecule has 0 aliphatic heterocycles. The van der Waals surface area contributed by atoms with Gasteiger partial charge in [-0.15, -0.1) is 0 Å². The Balaban J connectivity index is 2.22. The summed E-state index contributed by atoms with van der Waals surface area (Å²) in [5, 5.41) is 11.9. The molecule has 4 nitrogen and oxygen atoms in total. The quantitative estimate of drug-likeness (QED) is 0.943. The van der Waals surface area contributed by atoms with Crippen molar-refractivity contribution in [2.24, 2.45) is 0 Å². The largest absolute Gasteiger partial charge is 0.497 e. The summed E-state index contributed by atoms with van der Waals surface area (Å²) in [6, 6.07) is 11.1. The van der Waals surface area contributed by atoms with E-state index in [2.05, 4.69) is 26.2 Å². The van der Waals surface area contributed by atoms with Crippen LogP contribution in [0.5, 0.6) is 5.75 Å². The molecule has 2 rings (SSSR count). The van der Waals surface area contributed by atoms with Gasteiger partial charge in [-0.05, 0) is 24.3 Å². The fourth-order valence-electron chi connectivity index (χ4n) is 1.45. The van der Waals surface area contributed by atoms with Crippen LogP contribution in [0.15, 0.2) is 41.0 Å². The van der Waals surface area contributed by atoms with Gasteiger partial charge in [0.25, 0.3) is 0 Å². The second-order valence-electron chi connectivity index (χ2n) is 3.55. The van der Waals surface area contributed by atoms with E-state index in [-0.39, 0.29) is 0 Å². The lowest BCUT2D eigenvalue weighted by Gasteiger charge is -2.08. The number of hydrogen-bond donors (Lipinski definition) is 1. The number of hydrogen-bond acceptors (Lipinski definition) is 4. The van der Waals surface area contributed by atoms with Crippen molar-refractivity contribution >= 4 is 27.3 Å². The van der Waals surface area contributed by atoms with E-state index in [0.717, 1.165) is 21.6 Å². The summed E-state index contributed by atoms with van der Waals surface area (Å²) >= 11 is 3.41. The molecule has 18 heavy (non-hydrogen) atoms. The summed E-state index contributed by atoms with van der Waals surface area (Å²) in [5.41, 5.74) is 2.09. The minimum Gasteiger partial charge on any atom is -0.497 e. The van der Waals surface area contributed by atoms with Crippen LogP contribution < -0.4 is 10.1 Å². The molecule has 1 aromatic heterocycles. The van der Waals surface area contributed by atoms with Crippen LogP contribution in [0.25, 0.3) is 0 Å². The van der Waals surface area contributed by atoms with E-state index >= 15 is 0 Å². The summed E-state index contributed by atoms with van der Waals surface area (Å²) in [5.74, 6) is 0.758. The average molecular weight is 304 g/mol. The molecule has 5 heteroatoms. The highest BCUT2D eigenvalue weighted by Crippen LogP contribution is 2.26. The first-order valence-corrected chi connectivity index (χ1v) is 5.98. The van der Waals surface area contributed by atoms with Crippen molar-refractivity contribution in [3.8, 4) is 11.8 Å². The maximum Gasteiger partial charge on any atom is 0.140 e. The van der Waals surface area contributed by atoms with Gasteiger partial charge in [-0.1, -0.05) is 15.9 Å². The van der Waals surface area contributed by atoms with Gasteiger partial charge in [0.15, 0.2) is 0 Å². The second kappa shape index (κ2) is 5.52. The van der Waals surface area contributed by atoms with E-state index < -0.39 is 0 Å². The first kappa shape index (κ1) is 12.4. The Morgan fingerprint density at radius 3 is 2.72 bits per heavy atom. The molecule has 0 saturated carbocycles. The van der Waals surface area contributed by atoms with Gasteiger partial charge in [0.05, 0.1) is 19.0 Å². The Kier molecular flexibility index (Phi) is 3.80. The average Bonchev–Trinajstić information content (AvgIpc) is 2.39. The lowest BCUT2D eigenvalue weighted by Crippen LogP contribution is -1.93. The van der Waals surface area contributed by atoms with Crippen LogP contribution in [0.2, 0.25) is 0 Å². The third kappa shape index (κ3) is 2.99. The summed E-state index contributed by atoms with van der Waals surface area (Å²) in [4.78, 5) is 3.99. The van der Waals surface area contributed by atoms with Crippen molar-refractivity contribution in [1.29, 1.82) is 5.26 Å². The molecule has 0 spiro atoms. The summed E-state index contributed by atoms with van der Waals surface area (Å²) in [6.45, 7) is 0. The maximum absolute atomic E-state index is 8.67. The normalized spacial score (nSPS) is 9.61. The Labute approximate surface area is 113 Å². The van der Waals surface area contributed by atoms with Gasteiger partial charge in [-0.25, -0.2) is 4.98 Å². The van der Waals surface area contributed by atoms with Gasteiger partial charge in [-0.3, -0.25) is 0 Å². The Bertz CT molecular complexity index is 590. The van der Waals surface area contributed by atoms with Crippen LogP contribution in [-0.4, -0.2) is 12.1 Å². The van der Waals surface area contributed by atoms with Crippen molar-refractivity contribution in [2.75, 3.05) is 12.4 Å². The first-order chi connectivity index (χ1) is 8.71. The molecule has 0 saturated heterocycles. The zero-order valence-electron chi connectivity index (χ0n) is 9.64. The topological polar surface area (TPSA) is 57.9 Å². The van der Waals surface area contributed by atoms with E-state index in [0.29, 0.717) is 5.69 Å². The predicted molar refractivity (Wildman–Crippen MR) is 72.9 cm³/mol. The monoisotopic (exact) mass is 303 g/mol. The van der Waals surface area contributed by atoms with Gasteiger partial charge in [0.1, 0.15) is 17.5 Å². The number of rotatable bonds is 3. The third-order valence-electron chi connectivity index (χ3n) is 2.27. The van der Waals surface area contributed by atoms with Crippen molar-refractivity contribution in [3.05, 3.63) is 46.7 Å². The molecule has 0 atom stereocenters. The lowest BCUT2D eigenvalue weighted by molar-refractivity contribution is 0.415. The van der Waals surface area contributed by atoms with Crippen LogP contribution in [0.4, 0.5) is 11.4 Å².